The molecule has 8 heteroatoms. The number of nitrogens with one attached hydrogen (secondary N) is 1. The van der Waals surface area contributed by atoms with E-state index in [9.17, 15) is 8.42 Å². The molecule has 3 rings (SSSR count). The van der Waals surface area contributed by atoms with Crippen molar-refractivity contribution in [1.82, 2.24) is 14.8 Å². The Kier molecular flexibility index (Phi) is 3.91. The molecule has 3 N–H and O–H groups in total. The molecule has 0 aliphatic rings. The van der Waals surface area contributed by atoms with E-state index in [4.69, 9.17) is 5.73 Å². The van der Waals surface area contributed by atoms with Crippen LogP contribution in [0, 0.1) is 0 Å². The van der Waals surface area contributed by atoms with E-state index in [2.05, 4.69) is 15.4 Å². The van der Waals surface area contributed by atoms with Crippen LogP contribution in [-0.2, 0) is 9.84 Å². The molecule has 0 saturated carbocycles. The highest BCUT2D eigenvalue weighted by atomic mass is 32.2. The van der Waals surface area contributed by atoms with E-state index in [-0.39, 0.29) is 5.75 Å². The molecular formula is C15H17N5O2S. The topological polar surface area (TPSA) is 103 Å². The molecule has 0 unspecified atom stereocenters. The van der Waals surface area contributed by atoms with Crippen LogP contribution in [0.3, 0.4) is 0 Å². The first-order valence-corrected chi connectivity index (χ1v) is 9.10. The molecule has 0 fully saturated rings. The lowest BCUT2D eigenvalue weighted by Gasteiger charge is -2.11. The van der Waals surface area contributed by atoms with Gasteiger partial charge in [0, 0.05) is 42.3 Å². The standard InChI is InChI=1S/C15H17N5O2S/c1-23(21,22)8-6-17-13-10-15(16)19-14-9-11(3-4-12(13)14)20-7-2-5-18-20/h2-5,7,9-10H,6,8H2,1H3,(H3,16,17,19). The Hall–Kier alpha value is -2.61. The maximum Gasteiger partial charge on any atom is 0.149 e. The van der Waals surface area contributed by atoms with Gasteiger partial charge in [-0.15, -0.1) is 0 Å². The highest BCUT2D eigenvalue weighted by molar-refractivity contribution is 7.90. The summed E-state index contributed by atoms with van der Waals surface area (Å²) < 4.78 is 24.2. The summed E-state index contributed by atoms with van der Waals surface area (Å²) in [4.78, 5) is 4.34. The summed E-state index contributed by atoms with van der Waals surface area (Å²) >= 11 is 0. The van der Waals surface area contributed by atoms with Crippen LogP contribution in [0.4, 0.5) is 11.5 Å². The molecule has 0 bridgehead atoms. The van der Waals surface area contributed by atoms with Gasteiger partial charge in [-0.2, -0.15) is 5.10 Å². The second-order valence-corrected chi connectivity index (χ2v) is 7.56. The summed E-state index contributed by atoms with van der Waals surface area (Å²) in [6.07, 6.45) is 4.76. The number of anilines is 2. The second kappa shape index (κ2) is 5.88. The number of fused-ring (bicyclic) bond motifs is 1. The van der Waals surface area contributed by atoms with Crippen molar-refractivity contribution < 1.29 is 8.42 Å². The van der Waals surface area contributed by atoms with Gasteiger partial charge in [0.2, 0.25) is 0 Å². The van der Waals surface area contributed by atoms with Gasteiger partial charge in [-0.3, -0.25) is 0 Å². The van der Waals surface area contributed by atoms with Gasteiger partial charge in [-0.05, 0) is 24.3 Å². The van der Waals surface area contributed by atoms with Crippen LogP contribution in [0.25, 0.3) is 16.6 Å². The molecule has 0 radical (unpaired) electrons. The minimum atomic E-state index is -3.01. The first-order chi connectivity index (χ1) is 10.9. The lowest BCUT2D eigenvalue weighted by atomic mass is 10.1. The molecule has 2 heterocycles. The zero-order valence-corrected chi connectivity index (χ0v) is 13.4. The Labute approximate surface area is 134 Å². The van der Waals surface area contributed by atoms with E-state index < -0.39 is 9.84 Å². The zero-order chi connectivity index (χ0) is 16.4. The molecule has 0 aliphatic heterocycles. The number of nitrogens with two attached hydrogens (primary N) is 1. The predicted molar refractivity (Wildman–Crippen MR) is 91.5 cm³/mol. The first kappa shape index (κ1) is 15.3. The molecule has 0 atom stereocenters. The van der Waals surface area contributed by atoms with Gasteiger partial charge in [0.15, 0.2) is 0 Å². The summed E-state index contributed by atoms with van der Waals surface area (Å²) in [5, 5.41) is 8.19. The molecule has 2 aromatic heterocycles. The van der Waals surface area contributed by atoms with Gasteiger partial charge in [0.25, 0.3) is 0 Å². The lowest BCUT2D eigenvalue weighted by molar-refractivity contribution is 0.602. The summed E-state index contributed by atoms with van der Waals surface area (Å²) in [6, 6.07) is 9.28. The van der Waals surface area contributed by atoms with Crippen LogP contribution in [0.15, 0.2) is 42.7 Å². The first-order valence-electron chi connectivity index (χ1n) is 7.04. The average molecular weight is 331 g/mol. The molecular weight excluding hydrogens is 314 g/mol. The number of hydrogen-bond acceptors (Lipinski definition) is 6. The molecule has 0 aliphatic carbocycles. The van der Waals surface area contributed by atoms with E-state index in [0.717, 1.165) is 22.3 Å². The van der Waals surface area contributed by atoms with Gasteiger partial charge in [-0.25, -0.2) is 18.1 Å². The number of sulfone groups is 1. The molecule has 120 valence electrons. The van der Waals surface area contributed by atoms with Gasteiger partial charge in [0.1, 0.15) is 15.7 Å². The Morgan fingerprint density at radius 2 is 2.13 bits per heavy atom. The maximum atomic E-state index is 11.2. The fourth-order valence-corrected chi connectivity index (χ4v) is 2.79. The molecule has 0 saturated heterocycles. The van der Waals surface area contributed by atoms with Crippen LogP contribution < -0.4 is 11.1 Å². The third-order valence-corrected chi connectivity index (χ3v) is 4.32. The second-order valence-electron chi connectivity index (χ2n) is 5.30. The van der Waals surface area contributed by atoms with Crippen molar-refractivity contribution in [2.45, 2.75) is 0 Å². The number of hydrogen-bond donors (Lipinski definition) is 2. The number of aromatic nitrogens is 3. The van der Waals surface area contributed by atoms with E-state index in [0.29, 0.717) is 12.4 Å². The zero-order valence-electron chi connectivity index (χ0n) is 12.6. The average Bonchev–Trinajstić information content (AvgIpc) is 2.99. The summed E-state index contributed by atoms with van der Waals surface area (Å²) in [6.45, 7) is 0.318. The Morgan fingerprint density at radius 3 is 2.83 bits per heavy atom. The molecule has 23 heavy (non-hydrogen) atoms. The molecule has 1 aromatic carbocycles. The third-order valence-electron chi connectivity index (χ3n) is 3.37. The normalized spacial score (nSPS) is 11.7. The van der Waals surface area contributed by atoms with Crippen molar-refractivity contribution in [2.24, 2.45) is 0 Å². The predicted octanol–water partition coefficient (Wildman–Crippen LogP) is 1.46. The van der Waals surface area contributed by atoms with Crippen molar-refractivity contribution in [1.29, 1.82) is 0 Å². The fourth-order valence-electron chi connectivity index (χ4n) is 2.32. The smallest absolute Gasteiger partial charge is 0.149 e. The molecule has 0 spiro atoms. The largest absolute Gasteiger partial charge is 0.384 e. The van der Waals surface area contributed by atoms with Crippen LogP contribution in [0.1, 0.15) is 0 Å². The maximum absolute atomic E-state index is 11.2. The summed E-state index contributed by atoms with van der Waals surface area (Å²) in [5.74, 6) is 0.430. The van der Waals surface area contributed by atoms with Crippen LogP contribution in [-0.4, -0.2) is 41.7 Å². The van der Waals surface area contributed by atoms with E-state index >= 15 is 0 Å². The minimum absolute atomic E-state index is 0.0576. The number of nitrogen functional groups attached to an aromatic ring is 1. The Balaban J connectivity index is 1.95. The SMILES string of the molecule is CS(=O)(=O)CCNc1cc(N)nc2cc(-n3cccn3)ccc12. The lowest BCUT2D eigenvalue weighted by Crippen LogP contribution is -2.14. The van der Waals surface area contributed by atoms with Gasteiger partial charge in [-0.1, -0.05) is 0 Å². The van der Waals surface area contributed by atoms with Gasteiger partial charge in [0.05, 0.1) is 17.0 Å². The van der Waals surface area contributed by atoms with E-state index in [1.54, 1.807) is 16.9 Å². The Morgan fingerprint density at radius 1 is 1.30 bits per heavy atom. The van der Waals surface area contributed by atoms with Crippen LogP contribution in [0.5, 0.6) is 0 Å². The third kappa shape index (κ3) is 3.59. The van der Waals surface area contributed by atoms with Crippen molar-refractivity contribution in [3.8, 4) is 5.69 Å². The van der Waals surface area contributed by atoms with Crippen molar-refractivity contribution >= 4 is 32.2 Å². The van der Waals surface area contributed by atoms with Crippen LogP contribution in [0.2, 0.25) is 0 Å². The number of pyridine rings is 1. The van der Waals surface area contributed by atoms with Crippen molar-refractivity contribution in [3.63, 3.8) is 0 Å². The number of rotatable bonds is 5. The van der Waals surface area contributed by atoms with Crippen molar-refractivity contribution in [2.75, 3.05) is 29.6 Å². The summed E-state index contributed by atoms with van der Waals surface area (Å²) in [7, 11) is -3.01. The molecule has 7 nitrogen and oxygen atoms in total. The fraction of sp³-hybridized carbons (Fsp3) is 0.200. The van der Waals surface area contributed by atoms with Crippen LogP contribution >= 0.6 is 0 Å². The molecule has 3 aromatic rings. The number of nitrogens with zero attached hydrogens (tertiary/aromatic N) is 3. The van der Waals surface area contributed by atoms with E-state index in [1.807, 2.05) is 30.5 Å². The van der Waals surface area contributed by atoms with E-state index in [1.165, 1.54) is 6.26 Å². The molecule has 0 amide bonds. The van der Waals surface area contributed by atoms with Gasteiger partial charge >= 0.3 is 0 Å². The highest BCUT2D eigenvalue weighted by Crippen LogP contribution is 2.26. The van der Waals surface area contributed by atoms with Crippen molar-refractivity contribution in [3.05, 3.63) is 42.7 Å². The Bertz CT molecular complexity index is 936. The quantitative estimate of drug-likeness (QED) is 0.734. The number of benzene rings is 1. The monoisotopic (exact) mass is 331 g/mol. The summed E-state index contributed by atoms with van der Waals surface area (Å²) in [5.41, 5.74) is 8.23. The van der Waals surface area contributed by atoms with Gasteiger partial charge < -0.3 is 11.1 Å². The highest BCUT2D eigenvalue weighted by Gasteiger charge is 2.08. The minimum Gasteiger partial charge on any atom is -0.384 e.